The highest BCUT2D eigenvalue weighted by atomic mass is 35.5. The van der Waals surface area contributed by atoms with Crippen molar-refractivity contribution < 1.29 is 9.90 Å². The van der Waals surface area contributed by atoms with Crippen LogP contribution in [-0.4, -0.2) is 34.0 Å². The zero-order chi connectivity index (χ0) is 14.5. The van der Waals surface area contributed by atoms with Crippen LogP contribution < -0.4 is 0 Å². The van der Waals surface area contributed by atoms with Crippen LogP contribution in [0.2, 0.25) is 5.02 Å². The lowest BCUT2D eigenvalue weighted by atomic mass is 10.1. The van der Waals surface area contributed by atoms with Crippen molar-refractivity contribution in [2.45, 2.75) is 19.9 Å². The molecule has 2 rings (SSSR count). The third kappa shape index (κ3) is 3.46. The minimum Gasteiger partial charge on any atom is -0.480 e. The molecular formula is C15H17ClN2O2. The number of carboxylic acids is 1. The summed E-state index contributed by atoms with van der Waals surface area (Å²) in [6.45, 7) is 3.37. The Morgan fingerprint density at radius 2 is 2.20 bits per heavy atom. The number of carboxylic acid groups (broad SMARTS) is 1. The van der Waals surface area contributed by atoms with E-state index in [4.69, 9.17) is 16.7 Å². The first kappa shape index (κ1) is 14.8. The van der Waals surface area contributed by atoms with Crippen LogP contribution in [0.1, 0.15) is 18.9 Å². The zero-order valence-electron chi connectivity index (χ0n) is 11.3. The second kappa shape index (κ2) is 6.68. The third-order valence-corrected chi connectivity index (χ3v) is 3.42. The Morgan fingerprint density at radius 3 is 2.90 bits per heavy atom. The first-order valence-corrected chi connectivity index (χ1v) is 6.96. The highest BCUT2D eigenvalue weighted by Gasteiger charge is 2.12. The number of halogens is 1. The van der Waals surface area contributed by atoms with Crippen LogP contribution in [0.25, 0.3) is 10.9 Å². The lowest BCUT2D eigenvalue weighted by Gasteiger charge is -2.20. The predicted molar refractivity (Wildman–Crippen MR) is 80.0 cm³/mol. The number of pyridine rings is 1. The quantitative estimate of drug-likeness (QED) is 0.888. The van der Waals surface area contributed by atoms with Crippen molar-refractivity contribution in [1.29, 1.82) is 0 Å². The fraction of sp³-hybridized carbons (Fsp3) is 0.333. The number of hydrogen-bond acceptors (Lipinski definition) is 3. The van der Waals surface area contributed by atoms with Gasteiger partial charge in [-0.15, -0.1) is 0 Å². The van der Waals surface area contributed by atoms with Gasteiger partial charge >= 0.3 is 5.97 Å². The number of benzene rings is 1. The van der Waals surface area contributed by atoms with Gasteiger partial charge in [0.1, 0.15) is 0 Å². The number of rotatable bonds is 6. The lowest BCUT2D eigenvalue weighted by Crippen LogP contribution is -2.30. The molecule has 0 aliphatic rings. The Hall–Kier alpha value is -1.65. The molecule has 0 amide bonds. The van der Waals surface area contributed by atoms with E-state index in [0.717, 1.165) is 29.4 Å². The van der Waals surface area contributed by atoms with Crippen molar-refractivity contribution in [2.75, 3.05) is 13.1 Å². The van der Waals surface area contributed by atoms with Crippen LogP contribution in [0.4, 0.5) is 0 Å². The number of nitrogens with zero attached hydrogens (tertiary/aromatic N) is 2. The van der Waals surface area contributed by atoms with Gasteiger partial charge in [0.05, 0.1) is 12.1 Å². The largest absolute Gasteiger partial charge is 0.480 e. The van der Waals surface area contributed by atoms with E-state index in [2.05, 4.69) is 4.98 Å². The molecule has 1 aromatic carbocycles. The van der Waals surface area contributed by atoms with Crippen LogP contribution in [0.15, 0.2) is 30.5 Å². The van der Waals surface area contributed by atoms with Crippen molar-refractivity contribution in [3.05, 3.63) is 41.0 Å². The predicted octanol–water partition coefficient (Wildman–Crippen LogP) is 3.18. The second-order valence-electron chi connectivity index (χ2n) is 4.71. The van der Waals surface area contributed by atoms with Crippen molar-refractivity contribution in [1.82, 2.24) is 9.88 Å². The third-order valence-electron chi connectivity index (χ3n) is 3.09. The number of aliphatic carboxylic acids is 1. The molecule has 106 valence electrons. The molecule has 0 fully saturated rings. The minimum atomic E-state index is -0.815. The summed E-state index contributed by atoms with van der Waals surface area (Å²) in [7, 11) is 0. The van der Waals surface area contributed by atoms with Gasteiger partial charge in [0.15, 0.2) is 0 Å². The summed E-state index contributed by atoms with van der Waals surface area (Å²) in [5, 5.41) is 10.5. The summed E-state index contributed by atoms with van der Waals surface area (Å²) in [6, 6.07) is 7.53. The van der Waals surface area contributed by atoms with E-state index >= 15 is 0 Å². The Kier molecular flexibility index (Phi) is 4.93. The summed E-state index contributed by atoms with van der Waals surface area (Å²) >= 11 is 6.16. The Balaban J connectivity index is 2.32. The first-order chi connectivity index (χ1) is 9.61. The van der Waals surface area contributed by atoms with E-state index in [1.807, 2.05) is 36.1 Å². The van der Waals surface area contributed by atoms with Gasteiger partial charge in [-0.1, -0.05) is 24.6 Å². The minimum absolute atomic E-state index is 0.0325. The van der Waals surface area contributed by atoms with E-state index in [0.29, 0.717) is 11.6 Å². The standard InChI is InChI=1S/C15H17ClN2O2/c1-2-8-18(10-14(19)20)9-11-5-6-13(16)12-4-3-7-17-15(11)12/h3-7H,2,8-10H2,1H3,(H,19,20). The number of fused-ring (bicyclic) bond motifs is 1. The molecule has 0 unspecified atom stereocenters. The van der Waals surface area contributed by atoms with Crippen molar-refractivity contribution in [2.24, 2.45) is 0 Å². The zero-order valence-corrected chi connectivity index (χ0v) is 12.1. The lowest BCUT2D eigenvalue weighted by molar-refractivity contribution is -0.138. The van der Waals surface area contributed by atoms with E-state index in [1.54, 1.807) is 6.20 Å². The molecule has 0 aliphatic carbocycles. The second-order valence-corrected chi connectivity index (χ2v) is 5.12. The van der Waals surface area contributed by atoms with Gasteiger partial charge in [-0.3, -0.25) is 14.7 Å². The van der Waals surface area contributed by atoms with Gasteiger partial charge in [0.25, 0.3) is 0 Å². The Labute approximate surface area is 123 Å². The maximum Gasteiger partial charge on any atom is 0.317 e. The number of hydrogen-bond donors (Lipinski definition) is 1. The molecule has 0 saturated carbocycles. The van der Waals surface area contributed by atoms with Crippen molar-refractivity contribution >= 4 is 28.5 Å². The van der Waals surface area contributed by atoms with Crippen LogP contribution >= 0.6 is 11.6 Å². The maximum atomic E-state index is 10.9. The molecule has 1 aromatic heterocycles. The summed E-state index contributed by atoms with van der Waals surface area (Å²) < 4.78 is 0. The van der Waals surface area contributed by atoms with E-state index in [-0.39, 0.29) is 6.54 Å². The molecule has 0 aliphatic heterocycles. The van der Waals surface area contributed by atoms with Gasteiger partial charge in [-0.2, -0.15) is 0 Å². The van der Waals surface area contributed by atoms with Crippen molar-refractivity contribution in [3.8, 4) is 0 Å². The van der Waals surface area contributed by atoms with Gasteiger partial charge in [0, 0.05) is 23.2 Å². The fourth-order valence-electron chi connectivity index (χ4n) is 2.29. The van der Waals surface area contributed by atoms with Gasteiger partial charge in [-0.05, 0) is 36.7 Å². The molecule has 0 spiro atoms. The SMILES string of the molecule is CCCN(CC(=O)O)Cc1ccc(Cl)c2cccnc12. The fourth-order valence-corrected chi connectivity index (χ4v) is 2.50. The van der Waals surface area contributed by atoms with Crippen LogP contribution in [0.5, 0.6) is 0 Å². The Morgan fingerprint density at radius 1 is 1.40 bits per heavy atom. The maximum absolute atomic E-state index is 10.9. The highest BCUT2D eigenvalue weighted by Crippen LogP contribution is 2.25. The van der Waals surface area contributed by atoms with Gasteiger partial charge in [-0.25, -0.2) is 0 Å². The first-order valence-electron chi connectivity index (χ1n) is 6.58. The summed E-state index contributed by atoms with van der Waals surface area (Å²) in [5.74, 6) is -0.815. The molecule has 1 heterocycles. The molecule has 1 N–H and O–H groups in total. The highest BCUT2D eigenvalue weighted by molar-refractivity contribution is 6.35. The van der Waals surface area contributed by atoms with Gasteiger partial charge in [0.2, 0.25) is 0 Å². The van der Waals surface area contributed by atoms with Gasteiger partial charge < -0.3 is 5.11 Å². The van der Waals surface area contributed by atoms with Crippen molar-refractivity contribution in [3.63, 3.8) is 0 Å². The van der Waals surface area contributed by atoms with E-state index in [9.17, 15) is 4.79 Å². The van der Waals surface area contributed by atoms with Crippen LogP contribution in [-0.2, 0) is 11.3 Å². The molecule has 5 heteroatoms. The van der Waals surface area contributed by atoms with E-state index in [1.165, 1.54) is 0 Å². The summed E-state index contributed by atoms with van der Waals surface area (Å²) in [4.78, 5) is 17.2. The smallest absolute Gasteiger partial charge is 0.317 e. The molecule has 0 radical (unpaired) electrons. The average Bonchev–Trinajstić information content (AvgIpc) is 2.42. The van der Waals surface area contributed by atoms with E-state index < -0.39 is 5.97 Å². The average molecular weight is 293 g/mol. The molecule has 0 saturated heterocycles. The monoisotopic (exact) mass is 292 g/mol. The number of carbonyl (C=O) groups is 1. The van der Waals surface area contributed by atoms with Crippen LogP contribution in [0, 0.1) is 0 Å². The Bertz CT molecular complexity index is 616. The number of aromatic nitrogens is 1. The normalized spacial score (nSPS) is 11.2. The summed E-state index contributed by atoms with van der Waals surface area (Å²) in [6.07, 6.45) is 2.63. The molecular weight excluding hydrogens is 276 g/mol. The molecule has 0 bridgehead atoms. The molecule has 20 heavy (non-hydrogen) atoms. The van der Waals surface area contributed by atoms with Crippen LogP contribution in [0.3, 0.4) is 0 Å². The molecule has 2 aromatic rings. The summed E-state index contributed by atoms with van der Waals surface area (Å²) in [5.41, 5.74) is 1.84. The topological polar surface area (TPSA) is 53.4 Å². The molecule has 4 nitrogen and oxygen atoms in total. The molecule has 0 atom stereocenters.